The molecule has 0 heterocycles. The van der Waals surface area contributed by atoms with Crippen LogP contribution in [-0.2, 0) is 0 Å². The number of rotatable bonds is 1. The van der Waals surface area contributed by atoms with Gasteiger partial charge in [0.05, 0.1) is 0 Å². The maximum atomic E-state index is 10.3. The Hall–Kier alpha value is -0.420. The van der Waals surface area contributed by atoms with E-state index in [1.165, 1.54) is 0 Å². The summed E-state index contributed by atoms with van der Waals surface area (Å²) in [5, 5.41) is 0. The van der Waals surface area contributed by atoms with Crippen LogP contribution in [0.25, 0.3) is 0 Å². The van der Waals surface area contributed by atoms with Crippen molar-refractivity contribution < 1.29 is 26.3 Å². The molecule has 0 saturated carbocycles. The molecule has 0 aliphatic carbocycles. The normalized spacial score (nSPS) is 10.0. The Morgan fingerprint density at radius 2 is 0.889 bits per heavy atom. The number of hydrogen-bond acceptors (Lipinski definition) is 0. The molecule has 0 saturated heterocycles. The minimum atomic E-state index is -5.50. The Bertz CT molecular complexity index is 38.8. The number of halogens is 6. The zero-order chi connectivity index (χ0) is 7.91. The van der Waals surface area contributed by atoms with Crippen LogP contribution in [0.15, 0.2) is 0 Å². The lowest BCUT2D eigenvalue weighted by atomic mass is 10.9. The van der Waals surface area contributed by atoms with Crippen LogP contribution in [0.2, 0.25) is 0 Å². The van der Waals surface area contributed by atoms with Gasteiger partial charge in [-0.05, 0) is 0 Å². The minimum absolute atomic E-state index is 0.847. The smallest absolute Gasteiger partial charge is 0.248 e. The van der Waals surface area contributed by atoms with Crippen molar-refractivity contribution in [3.8, 4) is 0 Å². The molecule has 0 aliphatic heterocycles. The first kappa shape index (κ1) is 11.4. The molecule has 0 nitrogen and oxygen atoms in total. The molecule has 0 aromatic rings. The fourth-order valence-electron chi connectivity index (χ4n) is 0. The van der Waals surface area contributed by atoms with Gasteiger partial charge in [0.1, 0.15) is 13.3 Å². The molecule has 0 aromatic heterocycles. The van der Waals surface area contributed by atoms with Gasteiger partial charge in [-0.3, -0.25) is 0 Å². The van der Waals surface area contributed by atoms with E-state index in [9.17, 15) is 26.3 Å². The lowest BCUT2D eigenvalue weighted by molar-refractivity contribution is -0.237. The topological polar surface area (TPSA) is 0 Å². The van der Waals surface area contributed by atoms with Crippen LogP contribution in [0, 0.1) is 0 Å². The van der Waals surface area contributed by atoms with Crippen LogP contribution in [0.5, 0.6) is 0 Å². The lowest BCUT2D eigenvalue weighted by Gasteiger charge is -1.82. The van der Waals surface area contributed by atoms with Gasteiger partial charge in [-0.15, -0.1) is 17.6 Å². The molecule has 0 bridgehead atoms. The SMILES string of the molecule is FC(F)(F)F.FCCF. The fraction of sp³-hybridized carbons (Fsp3) is 1.00. The van der Waals surface area contributed by atoms with Crippen LogP contribution in [0.3, 0.4) is 0 Å². The Morgan fingerprint density at radius 3 is 0.889 bits per heavy atom. The first-order valence-corrected chi connectivity index (χ1v) is 1.79. The Morgan fingerprint density at radius 1 is 0.778 bits per heavy atom. The summed E-state index contributed by atoms with van der Waals surface area (Å²) in [7, 11) is 0. The van der Waals surface area contributed by atoms with Gasteiger partial charge in [0.15, 0.2) is 0 Å². The molecule has 0 rings (SSSR count). The van der Waals surface area contributed by atoms with Crippen molar-refractivity contribution in [2.45, 2.75) is 6.43 Å². The van der Waals surface area contributed by atoms with Crippen molar-refractivity contribution in [3.05, 3.63) is 0 Å². The Kier molecular flexibility index (Phi) is 7.23. The molecule has 0 unspecified atom stereocenters. The van der Waals surface area contributed by atoms with E-state index < -0.39 is 19.8 Å². The third-order valence-electron chi connectivity index (χ3n) is 0.0714. The van der Waals surface area contributed by atoms with Gasteiger partial charge in [0.25, 0.3) is 0 Å². The first-order valence-electron chi connectivity index (χ1n) is 1.79. The van der Waals surface area contributed by atoms with Gasteiger partial charge in [0.2, 0.25) is 0 Å². The van der Waals surface area contributed by atoms with Crippen molar-refractivity contribution in [1.29, 1.82) is 0 Å². The molecule has 0 amide bonds. The average molecular weight is 154 g/mol. The fourth-order valence-corrected chi connectivity index (χ4v) is 0. The molecule has 58 valence electrons. The Labute approximate surface area is 47.5 Å². The molecular formula is C3H4F6. The van der Waals surface area contributed by atoms with Gasteiger partial charge in [0, 0.05) is 0 Å². The molecule has 0 atom stereocenters. The summed E-state index contributed by atoms with van der Waals surface area (Å²) in [6, 6.07) is 0. The molecule has 0 aromatic carbocycles. The average Bonchev–Trinajstić information content (AvgIpc) is 1.61. The summed E-state index contributed by atoms with van der Waals surface area (Å²) in [6.07, 6.45) is -5.50. The predicted octanol–water partition coefficient (Wildman–Crippen LogP) is 2.40. The molecule has 0 spiro atoms. The molecule has 0 aliphatic rings. The first-order chi connectivity index (χ1) is 3.91. The summed E-state index contributed by atoms with van der Waals surface area (Å²) in [5.74, 6) is 0. The maximum absolute atomic E-state index is 10.3. The molecule has 0 radical (unpaired) electrons. The van der Waals surface area contributed by atoms with Crippen LogP contribution < -0.4 is 0 Å². The number of alkyl halides is 6. The van der Waals surface area contributed by atoms with Crippen molar-refractivity contribution in [1.82, 2.24) is 0 Å². The minimum Gasteiger partial charge on any atom is -0.248 e. The van der Waals surface area contributed by atoms with Crippen LogP contribution in [-0.4, -0.2) is 19.8 Å². The lowest BCUT2D eigenvalue weighted by Crippen LogP contribution is -1.92. The van der Waals surface area contributed by atoms with E-state index in [1.807, 2.05) is 0 Å². The van der Waals surface area contributed by atoms with Crippen molar-refractivity contribution in [3.63, 3.8) is 0 Å². The summed E-state index contributed by atoms with van der Waals surface area (Å²) < 4.78 is 59.4. The van der Waals surface area contributed by atoms with Crippen molar-refractivity contribution in [2.75, 3.05) is 13.3 Å². The van der Waals surface area contributed by atoms with E-state index in [-0.39, 0.29) is 0 Å². The van der Waals surface area contributed by atoms with E-state index in [2.05, 4.69) is 0 Å². The van der Waals surface area contributed by atoms with Crippen molar-refractivity contribution >= 4 is 0 Å². The molecular weight excluding hydrogens is 150 g/mol. The highest BCUT2D eigenvalue weighted by Crippen LogP contribution is 2.13. The van der Waals surface area contributed by atoms with Crippen molar-refractivity contribution in [2.24, 2.45) is 0 Å². The zero-order valence-electron chi connectivity index (χ0n) is 4.18. The molecule has 0 fully saturated rings. The van der Waals surface area contributed by atoms with Crippen LogP contribution in [0.1, 0.15) is 0 Å². The second-order valence-electron chi connectivity index (χ2n) is 0.807. The maximum Gasteiger partial charge on any atom is 0.559 e. The van der Waals surface area contributed by atoms with E-state index >= 15 is 0 Å². The van der Waals surface area contributed by atoms with E-state index in [0.717, 1.165) is 0 Å². The highest BCUT2D eigenvalue weighted by Gasteiger charge is 2.24. The monoisotopic (exact) mass is 154 g/mol. The molecule has 9 heavy (non-hydrogen) atoms. The summed E-state index contributed by atoms with van der Waals surface area (Å²) in [5.41, 5.74) is 0. The standard InChI is InChI=1S/C2H4F2.CF4/c3-1-2-4;2-1(3,4)5/h1-2H2;. The quantitative estimate of drug-likeness (QED) is 0.508. The van der Waals surface area contributed by atoms with Gasteiger partial charge >= 0.3 is 6.43 Å². The largest absolute Gasteiger partial charge is 0.559 e. The summed E-state index contributed by atoms with van der Waals surface area (Å²) in [6.45, 7) is -1.69. The summed E-state index contributed by atoms with van der Waals surface area (Å²) in [4.78, 5) is 0. The number of hydrogen-bond donors (Lipinski definition) is 0. The van der Waals surface area contributed by atoms with Gasteiger partial charge < -0.3 is 0 Å². The second kappa shape index (κ2) is 5.71. The van der Waals surface area contributed by atoms with E-state index in [4.69, 9.17) is 0 Å². The van der Waals surface area contributed by atoms with E-state index in [0.29, 0.717) is 0 Å². The Balaban J connectivity index is 0. The third kappa shape index (κ3) is 702. The van der Waals surface area contributed by atoms with Crippen LogP contribution >= 0.6 is 0 Å². The van der Waals surface area contributed by atoms with Crippen LogP contribution in [0.4, 0.5) is 26.3 Å². The van der Waals surface area contributed by atoms with Gasteiger partial charge in [-0.1, -0.05) is 0 Å². The van der Waals surface area contributed by atoms with Gasteiger partial charge in [-0.25, -0.2) is 8.78 Å². The second-order valence-corrected chi connectivity index (χ2v) is 0.807. The highest BCUT2D eigenvalue weighted by atomic mass is 19.5. The predicted molar refractivity (Wildman–Crippen MR) is 19.1 cm³/mol. The molecule has 0 N–H and O–H groups in total. The molecule has 6 heteroatoms. The third-order valence-corrected chi connectivity index (χ3v) is 0.0714. The summed E-state index contributed by atoms with van der Waals surface area (Å²) >= 11 is 0. The van der Waals surface area contributed by atoms with E-state index in [1.54, 1.807) is 0 Å². The zero-order valence-corrected chi connectivity index (χ0v) is 4.18. The van der Waals surface area contributed by atoms with Gasteiger partial charge in [-0.2, -0.15) is 0 Å². The highest BCUT2D eigenvalue weighted by molar-refractivity contribution is 4.09.